The maximum absolute atomic E-state index is 13.1. The average molecular weight is 402 g/mol. The number of likely N-dealkylation sites (tertiary alicyclic amines) is 1. The van der Waals surface area contributed by atoms with Gasteiger partial charge < -0.3 is 20.1 Å². The van der Waals surface area contributed by atoms with Crippen LogP contribution in [0.15, 0.2) is 84.9 Å². The van der Waals surface area contributed by atoms with Gasteiger partial charge in [0.2, 0.25) is 5.91 Å². The van der Waals surface area contributed by atoms with Crippen molar-refractivity contribution in [1.29, 1.82) is 0 Å². The summed E-state index contributed by atoms with van der Waals surface area (Å²) >= 11 is 0. The molecule has 2 atom stereocenters. The monoisotopic (exact) mass is 402 g/mol. The van der Waals surface area contributed by atoms with E-state index in [4.69, 9.17) is 4.74 Å². The number of nitrogens with zero attached hydrogens (tertiary/aromatic N) is 1. The van der Waals surface area contributed by atoms with Gasteiger partial charge in [0.15, 0.2) is 0 Å². The highest BCUT2D eigenvalue weighted by Gasteiger charge is 2.40. The van der Waals surface area contributed by atoms with Gasteiger partial charge in [-0.3, -0.25) is 4.79 Å². The van der Waals surface area contributed by atoms with Crippen molar-refractivity contribution in [3.8, 4) is 11.5 Å². The van der Waals surface area contributed by atoms with E-state index in [1.54, 1.807) is 18.2 Å². The number of amides is 2. The number of benzene rings is 3. The first-order valence-corrected chi connectivity index (χ1v) is 9.77. The molecule has 30 heavy (non-hydrogen) atoms. The van der Waals surface area contributed by atoms with Crippen LogP contribution in [0.4, 0.5) is 10.5 Å². The van der Waals surface area contributed by atoms with Gasteiger partial charge in [-0.1, -0.05) is 54.6 Å². The van der Waals surface area contributed by atoms with E-state index in [2.05, 4.69) is 5.32 Å². The SMILES string of the molecule is O=C(Nc1cccc(Oc2ccccc2)c1)[C@@H]1CN(C(=O)O)C[C@H]1c1ccccc1. The van der Waals surface area contributed by atoms with E-state index in [-0.39, 0.29) is 18.4 Å². The van der Waals surface area contributed by atoms with Crippen LogP contribution in [0.3, 0.4) is 0 Å². The highest BCUT2D eigenvalue weighted by atomic mass is 16.5. The molecule has 0 saturated carbocycles. The van der Waals surface area contributed by atoms with Crippen molar-refractivity contribution in [2.75, 3.05) is 18.4 Å². The lowest BCUT2D eigenvalue weighted by atomic mass is 9.88. The Bertz CT molecular complexity index is 1020. The number of rotatable bonds is 5. The highest BCUT2D eigenvalue weighted by Crippen LogP contribution is 2.34. The fourth-order valence-corrected chi connectivity index (χ4v) is 3.76. The molecule has 2 N–H and O–H groups in total. The number of carbonyl (C=O) groups excluding carboxylic acids is 1. The van der Waals surface area contributed by atoms with E-state index >= 15 is 0 Å². The van der Waals surface area contributed by atoms with Crippen molar-refractivity contribution in [1.82, 2.24) is 4.90 Å². The third-order valence-corrected chi connectivity index (χ3v) is 5.24. The molecule has 0 aromatic heterocycles. The molecule has 0 bridgehead atoms. The Morgan fingerprint density at radius 2 is 1.53 bits per heavy atom. The first-order valence-electron chi connectivity index (χ1n) is 9.77. The first-order chi connectivity index (χ1) is 14.6. The van der Waals surface area contributed by atoms with Crippen molar-refractivity contribution in [3.05, 3.63) is 90.5 Å². The highest BCUT2D eigenvalue weighted by molar-refractivity contribution is 5.94. The Kier molecular flexibility index (Phi) is 5.66. The Balaban J connectivity index is 1.50. The quantitative estimate of drug-likeness (QED) is 0.642. The van der Waals surface area contributed by atoms with Crippen molar-refractivity contribution in [2.45, 2.75) is 5.92 Å². The van der Waals surface area contributed by atoms with Gasteiger partial charge in [-0.25, -0.2) is 4.79 Å². The van der Waals surface area contributed by atoms with Crippen molar-refractivity contribution < 1.29 is 19.4 Å². The van der Waals surface area contributed by atoms with E-state index in [1.165, 1.54) is 4.90 Å². The molecule has 3 aromatic carbocycles. The number of carboxylic acid groups (broad SMARTS) is 1. The molecule has 2 amide bonds. The second-order valence-corrected chi connectivity index (χ2v) is 7.24. The fourth-order valence-electron chi connectivity index (χ4n) is 3.76. The van der Waals surface area contributed by atoms with Gasteiger partial charge in [-0.15, -0.1) is 0 Å². The molecule has 3 aromatic rings. The predicted octanol–water partition coefficient (Wildman–Crippen LogP) is 4.81. The summed E-state index contributed by atoms with van der Waals surface area (Å²) in [5.41, 5.74) is 1.57. The largest absolute Gasteiger partial charge is 0.465 e. The maximum atomic E-state index is 13.1. The molecule has 0 radical (unpaired) electrons. The number of anilines is 1. The standard InChI is InChI=1S/C24H22N2O4/c27-23(22-16-26(24(28)29)15-21(22)17-8-3-1-4-9-17)25-18-10-7-13-20(14-18)30-19-11-5-2-6-12-19/h1-14,21-22H,15-16H2,(H,25,27)(H,28,29)/t21-,22+/m0/s1. The number of nitrogens with one attached hydrogen (secondary N) is 1. The summed E-state index contributed by atoms with van der Waals surface area (Å²) in [6.45, 7) is 0.468. The van der Waals surface area contributed by atoms with Crippen LogP contribution in [0.25, 0.3) is 0 Å². The summed E-state index contributed by atoms with van der Waals surface area (Å²) in [7, 11) is 0. The lowest BCUT2D eigenvalue weighted by Gasteiger charge is -2.18. The molecular formula is C24H22N2O4. The zero-order valence-corrected chi connectivity index (χ0v) is 16.3. The van der Waals surface area contributed by atoms with Crippen LogP contribution in [0, 0.1) is 5.92 Å². The minimum atomic E-state index is -1.01. The van der Waals surface area contributed by atoms with E-state index in [0.29, 0.717) is 23.7 Å². The van der Waals surface area contributed by atoms with Gasteiger partial charge in [0.05, 0.1) is 5.92 Å². The van der Waals surface area contributed by atoms with E-state index in [9.17, 15) is 14.7 Å². The minimum absolute atomic E-state index is 0.168. The predicted molar refractivity (Wildman–Crippen MR) is 114 cm³/mol. The minimum Gasteiger partial charge on any atom is -0.465 e. The molecule has 4 rings (SSSR count). The molecule has 1 aliphatic rings. The zero-order chi connectivity index (χ0) is 20.9. The van der Waals surface area contributed by atoms with Crippen LogP contribution >= 0.6 is 0 Å². The lowest BCUT2D eigenvalue weighted by molar-refractivity contribution is -0.119. The summed E-state index contributed by atoms with van der Waals surface area (Å²) < 4.78 is 5.83. The normalized spacial score (nSPS) is 18.1. The van der Waals surface area contributed by atoms with Crippen LogP contribution in [0.1, 0.15) is 11.5 Å². The smallest absolute Gasteiger partial charge is 0.407 e. The number of carbonyl (C=O) groups is 2. The second kappa shape index (κ2) is 8.69. The molecular weight excluding hydrogens is 380 g/mol. The van der Waals surface area contributed by atoms with Crippen molar-refractivity contribution in [3.63, 3.8) is 0 Å². The Labute approximate surface area is 174 Å². The summed E-state index contributed by atoms with van der Waals surface area (Å²) in [6.07, 6.45) is -1.01. The van der Waals surface area contributed by atoms with E-state index in [0.717, 1.165) is 5.56 Å². The number of ether oxygens (including phenoxy) is 1. The number of hydrogen-bond acceptors (Lipinski definition) is 3. The van der Waals surface area contributed by atoms with Crippen LogP contribution in [0.2, 0.25) is 0 Å². The average Bonchev–Trinajstić information content (AvgIpc) is 3.22. The second-order valence-electron chi connectivity index (χ2n) is 7.24. The summed E-state index contributed by atoms with van der Waals surface area (Å²) in [5, 5.41) is 12.4. The number of para-hydroxylation sites is 1. The van der Waals surface area contributed by atoms with Crippen LogP contribution < -0.4 is 10.1 Å². The Morgan fingerprint density at radius 3 is 2.23 bits per heavy atom. The first kappa shape index (κ1) is 19.5. The molecule has 0 spiro atoms. The molecule has 152 valence electrons. The summed E-state index contributed by atoms with van der Waals surface area (Å²) in [5.74, 6) is 0.452. The Hall–Kier alpha value is -3.80. The van der Waals surface area contributed by atoms with Crippen LogP contribution in [-0.2, 0) is 4.79 Å². The van der Waals surface area contributed by atoms with Crippen LogP contribution in [-0.4, -0.2) is 35.1 Å². The molecule has 6 nitrogen and oxygen atoms in total. The summed E-state index contributed by atoms with van der Waals surface area (Å²) in [6, 6.07) is 26.1. The molecule has 1 aliphatic heterocycles. The van der Waals surface area contributed by atoms with Gasteiger partial charge in [-0.05, 0) is 29.8 Å². The van der Waals surface area contributed by atoms with Gasteiger partial charge in [0, 0.05) is 30.8 Å². The van der Waals surface area contributed by atoms with E-state index in [1.807, 2.05) is 66.7 Å². The molecule has 6 heteroatoms. The van der Waals surface area contributed by atoms with Gasteiger partial charge in [0.25, 0.3) is 0 Å². The number of hydrogen-bond donors (Lipinski definition) is 2. The molecule has 1 saturated heterocycles. The lowest BCUT2D eigenvalue weighted by Crippen LogP contribution is -2.30. The van der Waals surface area contributed by atoms with Crippen LogP contribution in [0.5, 0.6) is 11.5 Å². The van der Waals surface area contributed by atoms with Crippen molar-refractivity contribution >= 4 is 17.7 Å². The summed E-state index contributed by atoms with van der Waals surface area (Å²) in [4.78, 5) is 25.9. The van der Waals surface area contributed by atoms with Crippen molar-refractivity contribution in [2.24, 2.45) is 5.92 Å². The topological polar surface area (TPSA) is 78.9 Å². The van der Waals surface area contributed by atoms with Gasteiger partial charge >= 0.3 is 6.09 Å². The van der Waals surface area contributed by atoms with Gasteiger partial charge in [0.1, 0.15) is 11.5 Å². The molecule has 0 aliphatic carbocycles. The molecule has 0 unspecified atom stereocenters. The third kappa shape index (κ3) is 4.43. The fraction of sp³-hybridized carbons (Fsp3) is 0.167. The van der Waals surface area contributed by atoms with Gasteiger partial charge in [-0.2, -0.15) is 0 Å². The molecule has 1 fully saturated rings. The maximum Gasteiger partial charge on any atom is 0.407 e. The van der Waals surface area contributed by atoms with E-state index < -0.39 is 12.0 Å². The zero-order valence-electron chi connectivity index (χ0n) is 16.3. The Morgan fingerprint density at radius 1 is 0.867 bits per heavy atom. The third-order valence-electron chi connectivity index (χ3n) is 5.24. The molecule has 1 heterocycles.